The van der Waals surface area contributed by atoms with Crippen LogP contribution in [0.2, 0.25) is 0 Å². The molecule has 0 radical (unpaired) electrons. The van der Waals surface area contributed by atoms with Crippen molar-refractivity contribution in [2.24, 2.45) is 5.73 Å². The van der Waals surface area contributed by atoms with Crippen LogP contribution in [0, 0.1) is 0 Å². The molecule has 0 fully saturated rings. The lowest BCUT2D eigenvalue weighted by molar-refractivity contribution is -0.118. The normalized spacial score (nSPS) is 10.1. The Kier molecular flexibility index (Phi) is 6.77. The van der Waals surface area contributed by atoms with Gasteiger partial charge in [-0.25, -0.2) is 0 Å². The minimum atomic E-state index is -0.431. The van der Waals surface area contributed by atoms with E-state index < -0.39 is 5.91 Å². The Balaban J connectivity index is 2.12. The SMILES string of the molecule is C=CCOc1ccc(C(=O)N(CCC(N)=O)Cc2ccccc2)cc1. The third-order valence-electron chi connectivity index (χ3n) is 3.60. The summed E-state index contributed by atoms with van der Waals surface area (Å²) in [5.74, 6) is 0.0857. The zero-order chi connectivity index (χ0) is 18.1. The first kappa shape index (κ1) is 18.3. The second-order valence-electron chi connectivity index (χ2n) is 5.55. The van der Waals surface area contributed by atoms with Gasteiger partial charge in [0.25, 0.3) is 5.91 Å². The number of ether oxygens (including phenoxy) is 1. The highest BCUT2D eigenvalue weighted by Gasteiger charge is 2.17. The summed E-state index contributed by atoms with van der Waals surface area (Å²) in [6.45, 7) is 4.70. The van der Waals surface area contributed by atoms with Gasteiger partial charge >= 0.3 is 0 Å². The molecule has 130 valence electrons. The van der Waals surface area contributed by atoms with Crippen molar-refractivity contribution in [3.63, 3.8) is 0 Å². The van der Waals surface area contributed by atoms with Crippen LogP contribution in [0.4, 0.5) is 0 Å². The van der Waals surface area contributed by atoms with Crippen molar-refractivity contribution in [3.05, 3.63) is 78.4 Å². The quantitative estimate of drug-likeness (QED) is 0.715. The van der Waals surface area contributed by atoms with Crippen LogP contribution in [0.1, 0.15) is 22.3 Å². The summed E-state index contributed by atoms with van der Waals surface area (Å²) in [6.07, 6.45) is 1.78. The predicted molar refractivity (Wildman–Crippen MR) is 97.1 cm³/mol. The molecule has 5 nitrogen and oxygen atoms in total. The number of carbonyl (C=O) groups is 2. The van der Waals surface area contributed by atoms with E-state index in [1.165, 1.54) is 0 Å². The van der Waals surface area contributed by atoms with Crippen LogP contribution < -0.4 is 10.5 Å². The van der Waals surface area contributed by atoms with E-state index in [9.17, 15) is 9.59 Å². The van der Waals surface area contributed by atoms with Crippen molar-refractivity contribution in [1.29, 1.82) is 0 Å². The third-order valence-corrected chi connectivity index (χ3v) is 3.60. The molecule has 0 saturated heterocycles. The monoisotopic (exact) mass is 338 g/mol. The third kappa shape index (κ3) is 5.80. The summed E-state index contributed by atoms with van der Waals surface area (Å²) in [4.78, 5) is 25.5. The predicted octanol–water partition coefficient (Wildman–Crippen LogP) is 2.77. The van der Waals surface area contributed by atoms with Crippen molar-refractivity contribution in [3.8, 4) is 5.75 Å². The van der Waals surface area contributed by atoms with E-state index in [0.29, 0.717) is 24.5 Å². The molecule has 0 aliphatic carbocycles. The topological polar surface area (TPSA) is 72.6 Å². The van der Waals surface area contributed by atoms with Gasteiger partial charge in [0.2, 0.25) is 5.91 Å². The van der Waals surface area contributed by atoms with Gasteiger partial charge in [0, 0.05) is 25.1 Å². The lowest BCUT2D eigenvalue weighted by Gasteiger charge is -2.22. The Morgan fingerprint density at radius 2 is 1.76 bits per heavy atom. The highest BCUT2D eigenvalue weighted by Crippen LogP contribution is 2.15. The molecule has 0 spiro atoms. The molecule has 2 aromatic rings. The van der Waals surface area contributed by atoms with E-state index in [-0.39, 0.29) is 18.9 Å². The number of carbonyl (C=O) groups excluding carboxylic acids is 2. The fourth-order valence-corrected chi connectivity index (χ4v) is 2.33. The van der Waals surface area contributed by atoms with Crippen molar-refractivity contribution in [2.45, 2.75) is 13.0 Å². The van der Waals surface area contributed by atoms with Gasteiger partial charge in [0.15, 0.2) is 0 Å². The number of benzene rings is 2. The minimum Gasteiger partial charge on any atom is -0.490 e. The first-order chi connectivity index (χ1) is 12.1. The van der Waals surface area contributed by atoms with Crippen LogP contribution in [0.3, 0.4) is 0 Å². The molecule has 0 heterocycles. The summed E-state index contributed by atoms with van der Waals surface area (Å²) in [5.41, 5.74) is 6.76. The fourth-order valence-electron chi connectivity index (χ4n) is 2.33. The largest absolute Gasteiger partial charge is 0.490 e. The average molecular weight is 338 g/mol. The van der Waals surface area contributed by atoms with E-state index >= 15 is 0 Å². The van der Waals surface area contributed by atoms with E-state index in [1.54, 1.807) is 35.2 Å². The van der Waals surface area contributed by atoms with Crippen LogP contribution in [0.25, 0.3) is 0 Å². The zero-order valence-electron chi connectivity index (χ0n) is 14.1. The maximum Gasteiger partial charge on any atom is 0.254 e. The number of nitrogens with zero attached hydrogens (tertiary/aromatic N) is 1. The Hall–Kier alpha value is -3.08. The maximum atomic E-state index is 12.8. The molecule has 0 aliphatic heterocycles. The number of primary amides is 1. The van der Waals surface area contributed by atoms with Gasteiger partial charge in [-0.2, -0.15) is 0 Å². The number of hydrogen-bond donors (Lipinski definition) is 1. The van der Waals surface area contributed by atoms with Crippen LogP contribution in [-0.4, -0.2) is 29.9 Å². The van der Waals surface area contributed by atoms with E-state index in [1.807, 2.05) is 30.3 Å². The molecular weight excluding hydrogens is 316 g/mol. The van der Waals surface area contributed by atoms with Gasteiger partial charge in [0.05, 0.1) is 0 Å². The molecule has 25 heavy (non-hydrogen) atoms. The fraction of sp³-hybridized carbons (Fsp3) is 0.200. The first-order valence-corrected chi connectivity index (χ1v) is 8.05. The van der Waals surface area contributed by atoms with Gasteiger partial charge in [-0.05, 0) is 29.8 Å². The summed E-state index contributed by atoms with van der Waals surface area (Å²) in [5, 5.41) is 0. The van der Waals surface area contributed by atoms with Gasteiger partial charge in [-0.1, -0.05) is 43.0 Å². The van der Waals surface area contributed by atoms with Crippen molar-refractivity contribution in [1.82, 2.24) is 4.90 Å². The second kappa shape index (κ2) is 9.27. The Labute approximate surface area is 147 Å². The summed E-state index contributed by atoms with van der Waals surface area (Å²) in [6, 6.07) is 16.5. The van der Waals surface area contributed by atoms with Crippen LogP contribution in [-0.2, 0) is 11.3 Å². The molecule has 2 rings (SSSR count). The van der Waals surface area contributed by atoms with Gasteiger partial charge in [0.1, 0.15) is 12.4 Å². The molecule has 0 saturated carbocycles. The lowest BCUT2D eigenvalue weighted by Crippen LogP contribution is -2.33. The molecule has 0 aliphatic rings. The summed E-state index contributed by atoms with van der Waals surface area (Å²) in [7, 11) is 0. The highest BCUT2D eigenvalue weighted by atomic mass is 16.5. The average Bonchev–Trinajstić information content (AvgIpc) is 2.64. The standard InChI is InChI=1S/C20H22N2O3/c1-2-14-25-18-10-8-17(9-11-18)20(24)22(13-12-19(21)23)15-16-6-4-3-5-7-16/h2-11H,1,12-15H2,(H2,21,23). The Bertz CT molecular complexity index is 711. The molecule has 2 aromatic carbocycles. The van der Waals surface area contributed by atoms with Crippen LogP contribution >= 0.6 is 0 Å². The number of amides is 2. The molecule has 0 aromatic heterocycles. The smallest absolute Gasteiger partial charge is 0.254 e. The summed E-state index contributed by atoms with van der Waals surface area (Å²) < 4.78 is 5.42. The maximum absolute atomic E-state index is 12.8. The van der Waals surface area contributed by atoms with Crippen molar-refractivity contribution in [2.75, 3.05) is 13.2 Å². The van der Waals surface area contributed by atoms with E-state index in [4.69, 9.17) is 10.5 Å². The highest BCUT2D eigenvalue weighted by molar-refractivity contribution is 5.94. The molecule has 5 heteroatoms. The number of hydrogen-bond acceptors (Lipinski definition) is 3. The number of rotatable bonds is 9. The van der Waals surface area contributed by atoms with Crippen LogP contribution in [0.5, 0.6) is 5.75 Å². The van der Waals surface area contributed by atoms with Gasteiger partial charge < -0.3 is 15.4 Å². The van der Waals surface area contributed by atoms with Crippen LogP contribution in [0.15, 0.2) is 67.3 Å². The van der Waals surface area contributed by atoms with Crippen molar-refractivity contribution >= 4 is 11.8 Å². The summed E-state index contributed by atoms with van der Waals surface area (Å²) >= 11 is 0. The number of nitrogens with two attached hydrogens (primary N) is 1. The lowest BCUT2D eigenvalue weighted by atomic mass is 10.1. The Morgan fingerprint density at radius 1 is 1.08 bits per heavy atom. The minimum absolute atomic E-state index is 0.124. The van der Waals surface area contributed by atoms with E-state index in [0.717, 1.165) is 5.56 Å². The zero-order valence-corrected chi connectivity index (χ0v) is 14.1. The molecule has 0 unspecified atom stereocenters. The molecule has 0 atom stereocenters. The van der Waals surface area contributed by atoms with E-state index in [2.05, 4.69) is 6.58 Å². The van der Waals surface area contributed by atoms with Gasteiger partial charge in [-0.15, -0.1) is 0 Å². The molecule has 2 amide bonds. The van der Waals surface area contributed by atoms with Gasteiger partial charge in [-0.3, -0.25) is 9.59 Å². The molecule has 2 N–H and O–H groups in total. The molecule has 0 bridgehead atoms. The molecular formula is C20H22N2O3. The Morgan fingerprint density at radius 3 is 2.36 bits per heavy atom. The second-order valence-corrected chi connectivity index (χ2v) is 5.55. The first-order valence-electron chi connectivity index (χ1n) is 8.05. The van der Waals surface area contributed by atoms with Crippen molar-refractivity contribution < 1.29 is 14.3 Å².